The number of benzene rings is 2. The highest BCUT2D eigenvalue weighted by Gasteiger charge is 2.28. The molecule has 1 N–H and O–H groups in total. The van der Waals surface area contributed by atoms with Crippen LogP contribution >= 0.6 is 15.9 Å². The molecule has 2 aromatic carbocycles. The first-order chi connectivity index (χ1) is 15.4. The summed E-state index contributed by atoms with van der Waals surface area (Å²) in [5.41, 5.74) is 2.17. The van der Waals surface area contributed by atoms with E-state index in [1.807, 2.05) is 55.5 Å². The lowest BCUT2D eigenvalue weighted by Crippen LogP contribution is -2.50. The van der Waals surface area contributed by atoms with Crippen LogP contribution in [-0.4, -0.2) is 35.9 Å². The van der Waals surface area contributed by atoms with Crippen molar-refractivity contribution in [3.8, 4) is 5.75 Å². The number of nitrogens with one attached hydrogen (secondary N) is 1. The number of hydrogen-bond donors (Lipinski definition) is 1. The van der Waals surface area contributed by atoms with Crippen LogP contribution in [-0.2, 0) is 16.1 Å². The predicted molar refractivity (Wildman–Crippen MR) is 133 cm³/mol. The van der Waals surface area contributed by atoms with Gasteiger partial charge < -0.3 is 15.0 Å². The van der Waals surface area contributed by atoms with Crippen LogP contribution in [0.25, 0.3) is 0 Å². The molecule has 0 fully saturated rings. The fourth-order valence-corrected chi connectivity index (χ4v) is 3.93. The van der Waals surface area contributed by atoms with E-state index in [0.29, 0.717) is 31.2 Å². The average molecular weight is 503 g/mol. The molecule has 2 amide bonds. The van der Waals surface area contributed by atoms with E-state index in [4.69, 9.17) is 4.74 Å². The zero-order chi connectivity index (χ0) is 23.5. The molecule has 0 saturated heterocycles. The van der Waals surface area contributed by atoms with Gasteiger partial charge in [-0.05, 0) is 57.9 Å². The summed E-state index contributed by atoms with van der Waals surface area (Å²) in [7, 11) is 0. The van der Waals surface area contributed by atoms with Crippen LogP contribution in [0.5, 0.6) is 5.75 Å². The standard InChI is InChI=1S/C26H35BrN2O3/c1-5-7-15-28-26(31)23(6-2)29(17-20-11-9-8-10-12-20)25(30)18-32-24-14-13-21(19(3)4)16-22(24)27/h8-14,16,19,23H,5-7,15,17-18H2,1-4H3,(H,28,31)/t23-/m0/s1. The maximum Gasteiger partial charge on any atom is 0.261 e. The summed E-state index contributed by atoms with van der Waals surface area (Å²) in [5.74, 6) is 0.682. The van der Waals surface area contributed by atoms with Gasteiger partial charge >= 0.3 is 0 Å². The van der Waals surface area contributed by atoms with E-state index in [0.717, 1.165) is 22.9 Å². The number of carbonyl (C=O) groups excluding carboxylic acids is 2. The highest BCUT2D eigenvalue weighted by molar-refractivity contribution is 9.10. The number of carbonyl (C=O) groups is 2. The van der Waals surface area contributed by atoms with Gasteiger partial charge in [-0.3, -0.25) is 9.59 Å². The van der Waals surface area contributed by atoms with Crippen LogP contribution in [0.3, 0.4) is 0 Å². The summed E-state index contributed by atoms with van der Waals surface area (Å²) in [4.78, 5) is 27.7. The third-order valence-corrected chi connectivity index (χ3v) is 6.00. The minimum absolute atomic E-state index is 0.118. The molecule has 0 spiro atoms. The number of ether oxygens (including phenoxy) is 1. The smallest absolute Gasteiger partial charge is 0.261 e. The molecule has 2 rings (SSSR count). The van der Waals surface area contributed by atoms with Crippen LogP contribution < -0.4 is 10.1 Å². The van der Waals surface area contributed by atoms with Gasteiger partial charge in [-0.1, -0.05) is 70.5 Å². The number of halogens is 1. The Hall–Kier alpha value is -2.34. The van der Waals surface area contributed by atoms with Gasteiger partial charge in [-0.15, -0.1) is 0 Å². The molecule has 174 valence electrons. The maximum atomic E-state index is 13.2. The topological polar surface area (TPSA) is 58.6 Å². The Morgan fingerprint density at radius 1 is 1.09 bits per heavy atom. The number of unbranched alkanes of at least 4 members (excludes halogenated alkanes) is 1. The molecule has 6 heteroatoms. The first-order valence-corrected chi connectivity index (χ1v) is 12.2. The summed E-state index contributed by atoms with van der Waals surface area (Å²) in [6.45, 7) is 9.11. The molecule has 0 aliphatic heterocycles. The van der Waals surface area contributed by atoms with Gasteiger partial charge in [0.25, 0.3) is 5.91 Å². The minimum atomic E-state index is -0.546. The highest BCUT2D eigenvalue weighted by Crippen LogP contribution is 2.29. The van der Waals surface area contributed by atoms with Crippen molar-refractivity contribution in [3.63, 3.8) is 0 Å². The van der Waals surface area contributed by atoms with Gasteiger partial charge in [-0.25, -0.2) is 0 Å². The van der Waals surface area contributed by atoms with Gasteiger partial charge in [0.05, 0.1) is 4.47 Å². The van der Waals surface area contributed by atoms with Crippen molar-refractivity contribution in [3.05, 3.63) is 64.1 Å². The van der Waals surface area contributed by atoms with E-state index >= 15 is 0 Å². The summed E-state index contributed by atoms with van der Waals surface area (Å²) < 4.78 is 6.67. The van der Waals surface area contributed by atoms with Crippen molar-refractivity contribution < 1.29 is 14.3 Å². The fraction of sp³-hybridized carbons (Fsp3) is 0.462. The van der Waals surface area contributed by atoms with Crippen LogP contribution in [0.2, 0.25) is 0 Å². The van der Waals surface area contributed by atoms with E-state index < -0.39 is 6.04 Å². The molecule has 0 heterocycles. The molecule has 5 nitrogen and oxygen atoms in total. The van der Waals surface area contributed by atoms with Gasteiger partial charge in [0.15, 0.2) is 6.61 Å². The Morgan fingerprint density at radius 3 is 2.41 bits per heavy atom. The molecular formula is C26H35BrN2O3. The molecule has 0 aromatic heterocycles. The van der Waals surface area contributed by atoms with E-state index in [2.05, 4.69) is 42.0 Å². The number of amides is 2. The SMILES string of the molecule is CCCCNC(=O)[C@H](CC)N(Cc1ccccc1)C(=O)COc1ccc(C(C)C)cc1Br. The van der Waals surface area contributed by atoms with Crippen molar-refractivity contribution >= 4 is 27.7 Å². The normalized spacial score (nSPS) is 11.8. The largest absolute Gasteiger partial charge is 0.483 e. The number of rotatable bonds is 12. The third kappa shape index (κ3) is 7.66. The van der Waals surface area contributed by atoms with E-state index in [9.17, 15) is 9.59 Å². The van der Waals surface area contributed by atoms with Crippen molar-refractivity contribution in [2.24, 2.45) is 0 Å². The van der Waals surface area contributed by atoms with Crippen LogP contribution in [0.15, 0.2) is 53.0 Å². The fourth-order valence-electron chi connectivity index (χ4n) is 3.42. The number of nitrogens with zero attached hydrogens (tertiary/aromatic N) is 1. The Bertz CT molecular complexity index is 871. The lowest BCUT2D eigenvalue weighted by Gasteiger charge is -2.30. The van der Waals surface area contributed by atoms with Crippen molar-refractivity contribution in [1.82, 2.24) is 10.2 Å². The Morgan fingerprint density at radius 2 is 1.81 bits per heavy atom. The van der Waals surface area contributed by atoms with E-state index in [-0.39, 0.29) is 18.4 Å². The summed E-state index contributed by atoms with van der Waals surface area (Å²) in [5, 5.41) is 2.97. The quantitative estimate of drug-likeness (QED) is 0.380. The molecule has 0 aliphatic rings. The van der Waals surface area contributed by atoms with Gasteiger partial charge in [-0.2, -0.15) is 0 Å². The maximum absolute atomic E-state index is 13.2. The van der Waals surface area contributed by atoms with Gasteiger partial charge in [0.1, 0.15) is 11.8 Å². The second kappa shape index (κ2) is 13.3. The zero-order valence-corrected chi connectivity index (χ0v) is 21.2. The molecule has 0 bridgehead atoms. The summed E-state index contributed by atoms with van der Waals surface area (Å²) in [6.07, 6.45) is 2.45. The van der Waals surface area contributed by atoms with Gasteiger partial charge in [0.2, 0.25) is 5.91 Å². The van der Waals surface area contributed by atoms with Gasteiger partial charge in [0, 0.05) is 13.1 Å². The van der Waals surface area contributed by atoms with Crippen molar-refractivity contribution in [2.45, 2.75) is 65.5 Å². The van der Waals surface area contributed by atoms with Crippen molar-refractivity contribution in [1.29, 1.82) is 0 Å². The first-order valence-electron chi connectivity index (χ1n) is 11.4. The van der Waals surface area contributed by atoms with Crippen molar-refractivity contribution in [2.75, 3.05) is 13.2 Å². The van der Waals surface area contributed by atoms with E-state index in [1.165, 1.54) is 5.56 Å². The highest BCUT2D eigenvalue weighted by atomic mass is 79.9. The third-order valence-electron chi connectivity index (χ3n) is 5.38. The molecule has 0 aliphatic carbocycles. The minimum Gasteiger partial charge on any atom is -0.483 e. The van der Waals surface area contributed by atoms with Crippen LogP contribution in [0.1, 0.15) is 64.0 Å². The lowest BCUT2D eigenvalue weighted by molar-refractivity contribution is -0.143. The van der Waals surface area contributed by atoms with Crippen LogP contribution in [0, 0.1) is 0 Å². The summed E-state index contributed by atoms with van der Waals surface area (Å²) >= 11 is 3.54. The molecule has 32 heavy (non-hydrogen) atoms. The molecule has 1 atom stereocenters. The second-order valence-electron chi connectivity index (χ2n) is 8.21. The Balaban J connectivity index is 2.16. The summed E-state index contributed by atoms with van der Waals surface area (Å²) in [6, 6.07) is 15.1. The number of hydrogen-bond acceptors (Lipinski definition) is 3. The average Bonchev–Trinajstić information content (AvgIpc) is 2.78. The first kappa shape index (κ1) is 25.9. The Labute approximate surface area is 200 Å². The molecular weight excluding hydrogens is 468 g/mol. The molecule has 0 saturated carbocycles. The Kier molecular flexibility index (Phi) is 10.7. The predicted octanol–water partition coefficient (Wildman–Crippen LogP) is 5.68. The molecule has 0 unspecified atom stereocenters. The lowest BCUT2D eigenvalue weighted by atomic mass is 10.0. The van der Waals surface area contributed by atoms with E-state index in [1.54, 1.807) is 4.90 Å². The molecule has 0 radical (unpaired) electrons. The monoisotopic (exact) mass is 502 g/mol. The zero-order valence-electron chi connectivity index (χ0n) is 19.6. The second-order valence-corrected chi connectivity index (χ2v) is 9.06. The van der Waals surface area contributed by atoms with Crippen LogP contribution in [0.4, 0.5) is 0 Å². The molecule has 2 aromatic rings.